The molecule has 0 spiro atoms. The van der Waals surface area contributed by atoms with E-state index in [9.17, 15) is 4.79 Å². The maximum absolute atomic E-state index is 12.6. The van der Waals surface area contributed by atoms with E-state index in [0.717, 1.165) is 12.0 Å². The summed E-state index contributed by atoms with van der Waals surface area (Å²) < 4.78 is 0. The minimum absolute atomic E-state index is 0.211. The average molecular weight is 315 g/mol. The van der Waals surface area contributed by atoms with Gasteiger partial charge in [-0.3, -0.25) is 4.79 Å². The highest BCUT2D eigenvalue weighted by atomic mass is 16.1. The Balaban J connectivity index is 2.79. The van der Waals surface area contributed by atoms with Crippen molar-refractivity contribution in [2.75, 3.05) is 0 Å². The van der Waals surface area contributed by atoms with Crippen molar-refractivity contribution in [1.29, 1.82) is 0 Å². The molecular weight excluding hydrogens is 280 g/mol. The van der Waals surface area contributed by atoms with E-state index in [1.54, 1.807) is 0 Å². The summed E-state index contributed by atoms with van der Waals surface area (Å²) in [6.07, 6.45) is 5.37. The summed E-state index contributed by atoms with van der Waals surface area (Å²) >= 11 is 0. The van der Waals surface area contributed by atoms with Crippen LogP contribution in [0.5, 0.6) is 0 Å². The number of hydrogen-bond acceptors (Lipinski definition) is 1. The highest BCUT2D eigenvalue weighted by Gasteiger charge is 2.41. The lowest BCUT2D eigenvalue weighted by Crippen LogP contribution is -2.37. The van der Waals surface area contributed by atoms with E-state index >= 15 is 0 Å². The molecule has 2 atom stereocenters. The summed E-state index contributed by atoms with van der Waals surface area (Å²) in [5, 5.41) is 0. The van der Waals surface area contributed by atoms with Gasteiger partial charge >= 0.3 is 0 Å². The Morgan fingerprint density at radius 3 is 1.87 bits per heavy atom. The van der Waals surface area contributed by atoms with Gasteiger partial charge in [0.1, 0.15) is 0 Å². The standard InChI is InChI=1S/C22H34O/c1-8-20(23)17-14-19-18(13-16(17)15(4)5)21(6,9-2)11-12-22(19,7)10-3/h13-15H,8-12H2,1-7H3. The molecule has 0 saturated carbocycles. The van der Waals surface area contributed by atoms with E-state index in [-0.39, 0.29) is 10.8 Å². The Bertz CT molecular complexity index is 598. The molecule has 1 aromatic carbocycles. The molecule has 0 saturated heterocycles. The first-order valence-corrected chi connectivity index (χ1v) is 9.44. The first-order valence-electron chi connectivity index (χ1n) is 9.44. The van der Waals surface area contributed by atoms with E-state index in [0.29, 0.717) is 18.1 Å². The molecule has 1 aromatic rings. The molecule has 0 N–H and O–H groups in total. The van der Waals surface area contributed by atoms with Crippen LogP contribution >= 0.6 is 0 Å². The second kappa shape index (κ2) is 6.42. The molecule has 0 aliphatic heterocycles. The minimum Gasteiger partial charge on any atom is -0.294 e. The van der Waals surface area contributed by atoms with Crippen LogP contribution in [-0.2, 0) is 10.8 Å². The topological polar surface area (TPSA) is 17.1 Å². The second-order valence-electron chi connectivity index (χ2n) is 8.24. The summed E-state index contributed by atoms with van der Waals surface area (Å²) in [5.41, 5.74) is 5.63. The predicted molar refractivity (Wildman–Crippen MR) is 99.7 cm³/mol. The number of hydrogen-bond donors (Lipinski definition) is 0. The molecule has 0 fully saturated rings. The Morgan fingerprint density at radius 1 is 1.00 bits per heavy atom. The maximum atomic E-state index is 12.6. The van der Waals surface area contributed by atoms with Crippen molar-refractivity contribution in [3.63, 3.8) is 0 Å². The highest BCUT2D eigenvalue weighted by molar-refractivity contribution is 5.98. The summed E-state index contributed by atoms with van der Waals surface area (Å²) in [6.45, 7) is 15.8. The summed E-state index contributed by atoms with van der Waals surface area (Å²) in [5.74, 6) is 0.681. The van der Waals surface area contributed by atoms with Gasteiger partial charge in [0.05, 0.1) is 0 Å². The van der Waals surface area contributed by atoms with E-state index in [2.05, 4.69) is 53.7 Å². The molecule has 2 unspecified atom stereocenters. The van der Waals surface area contributed by atoms with Crippen LogP contribution in [0.3, 0.4) is 0 Å². The third-order valence-corrected chi connectivity index (χ3v) is 6.52. The Morgan fingerprint density at radius 2 is 1.48 bits per heavy atom. The monoisotopic (exact) mass is 314 g/mol. The first kappa shape index (κ1) is 18.2. The smallest absolute Gasteiger partial charge is 0.162 e. The van der Waals surface area contributed by atoms with Crippen molar-refractivity contribution in [1.82, 2.24) is 0 Å². The van der Waals surface area contributed by atoms with Crippen LogP contribution in [0.1, 0.15) is 114 Å². The number of carbonyl (C=O) groups excluding carboxylic acids is 1. The molecule has 23 heavy (non-hydrogen) atoms. The van der Waals surface area contributed by atoms with Crippen molar-refractivity contribution in [3.8, 4) is 0 Å². The molecule has 1 aliphatic carbocycles. The summed E-state index contributed by atoms with van der Waals surface area (Å²) in [7, 11) is 0. The van der Waals surface area contributed by atoms with Gasteiger partial charge in [-0.1, -0.05) is 54.5 Å². The van der Waals surface area contributed by atoms with E-state index in [4.69, 9.17) is 0 Å². The maximum Gasteiger partial charge on any atom is 0.162 e. The Hall–Kier alpha value is -1.11. The number of benzene rings is 1. The lowest BCUT2D eigenvalue weighted by Gasteiger charge is -2.45. The molecule has 0 bridgehead atoms. The largest absolute Gasteiger partial charge is 0.294 e. The number of fused-ring (bicyclic) bond motifs is 1. The third-order valence-electron chi connectivity index (χ3n) is 6.52. The van der Waals surface area contributed by atoms with Gasteiger partial charge < -0.3 is 0 Å². The molecule has 128 valence electrons. The van der Waals surface area contributed by atoms with Crippen molar-refractivity contribution in [2.45, 2.75) is 97.3 Å². The van der Waals surface area contributed by atoms with Gasteiger partial charge in [-0.2, -0.15) is 0 Å². The molecule has 1 nitrogen and oxygen atoms in total. The van der Waals surface area contributed by atoms with Crippen LogP contribution in [0, 0.1) is 0 Å². The highest BCUT2D eigenvalue weighted by Crippen LogP contribution is 2.50. The van der Waals surface area contributed by atoms with Crippen molar-refractivity contribution in [2.24, 2.45) is 0 Å². The van der Waals surface area contributed by atoms with Crippen molar-refractivity contribution >= 4 is 5.78 Å². The SMILES string of the molecule is CCC(=O)c1cc2c(cc1C(C)C)C(C)(CC)CCC2(C)CC. The second-order valence-corrected chi connectivity index (χ2v) is 8.24. The molecule has 0 amide bonds. The van der Waals surface area contributed by atoms with Gasteiger partial charge in [0.25, 0.3) is 0 Å². The van der Waals surface area contributed by atoms with Gasteiger partial charge in [0, 0.05) is 12.0 Å². The van der Waals surface area contributed by atoms with E-state index in [1.165, 1.54) is 36.0 Å². The zero-order valence-electron chi connectivity index (χ0n) is 16.2. The van der Waals surface area contributed by atoms with Crippen molar-refractivity contribution in [3.05, 3.63) is 34.4 Å². The lowest BCUT2D eigenvalue weighted by molar-refractivity contribution is 0.0986. The number of rotatable bonds is 5. The summed E-state index contributed by atoms with van der Waals surface area (Å²) in [6, 6.07) is 4.66. The quantitative estimate of drug-likeness (QED) is 0.564. The zero-order valence-corrected chi connectivity index (χ0v) is 16.2. The van der Waals surface area contributed by atoms with Crippen LogP contribution in [0.2, 0.25) is 0 Å². The number of Topliss-reactive ketones (excluding diaryl/α,β-unsaturated/α-hetero) is 1. The number of ketones is 1. The van der Waals surface area contributed by atoms with E-state index < -0.39 is 0 Å². The van der Waals surface area contributed by atoms with Crippen molar-refractivity contribution < 1.29 is 4.79 Å². The van der Waals surface area contributed by atoms with Gasteiger partial charge in [-0.15, -0.1) is 0 Å². The molecule has 0 radical (unpaired) electrons. The normalized spacial score (nSPS) is 27.1. The fraction of sp³-hybridized carbons (Fsp3) is 0.682. The first-order chi connectivity index (χ1) is 10.7. The van der Waals surface area contributed by atoms with Crippen LogP contribution < -0.4 is 0 Å². The molecule has 1 aliphatic rings. The molecular formula is C22H34O. The predicted octanol–water partition coefficient (Wildman–Crippen LogP) is 6.53. The fourth-order valence-corrected chi connectivity index (χ4v) is 4.08. The molecule has 1 heteroatoms. The average Bonchev–Trinajstić information content (AvgIpc) is 2.56. The Labute approximate surface area is 142 Å². The van der Waals surface area contributed by atoms with Gasteiger partial charge in [-0.05, 0) is 65.2 Å². The van der Waals surface area contributed by atoms with E-state index in [1.807, 2.05) is 6.92 Å². The lowest BCUT2D eigenvalue weighted by atomic mass is 9.59. The molecule has 0 heterocycles. The van der Waals surface area contributed by atoms with Crippen LogP contribution in [0.25, 0.3) is 0 Å². The fourth-order valence-electron chi connectivity index (χ4n) is 4.08. The van der Waals surface area contributed by atoms with Gasteiger partial charge in [-0.25, -0.2) is 0 Å². The van der Waals surface area contributed by atoms with Gasteiger partial charge in [0.2, 0.25) is 0 Å². The van der Waals surface area contributed by atoms with Crippen LogP contribution in [0.15, 0.2) is 12.1 Å². The minimum atomic E-state index is 0.211. The molecule has 0 aromatic heterocycles. The van der Waals surface area contributed by atoms with Crippen LogP contribution in [-0.4, -0.2) is 5.78 Å². The Kier molecular flexibility index (Phi) is 5.09. The van der Waals surface area contributed by atoms with Crippen LogP contribution in [0.4, 0.5) is 0 Å². The zero-order chi connectivity index (χ0) is 17.4. The third kappa shape index (κ3) is 2.99. The molecule has 2 rings (SSSR count). The summed E-state index contributed by atoms with van der Waals surface area (Å²) in [4.78, 5) is 12.6. The number of carbonyl (C=O) groups is 1. The van der Waals surface area contributed by atoms with Gasteiger partial charge in [0.15, 0.2) is 5.78 Å².